The molecule has 0 spiro atoms. The number of ether oxygens (including phenoxy) is 1. The van der Waals surface area contributed by atoms with Crippen molar-refractivity contribution < 1.29 is 27.1 Å². The molecule has 1 atom stereocenters. The molecule has 7 nitrogen and oxygen atoms in total. The first-order valence-corrected chi connectivity index (χ1v) is 11.2. The minimum Gasteiger partial charge on any atom is -0.419 e. The number of nitrogens with zero attached hydrogens (tertiary/aromatic N) is 1. The lowest BCUT2D eigenvalue weighted by atomic mass is 9.82. The highest BCUT2D eigenvalue weighted by Gasteiger charge is 2.46. The normalized spacial score (nSPS) is 22.8. The maximum Gasteiger partial charge on any atom is 0.415 e. The summed E-state index contributed by atoms with van der Waals surface area (Å²) in [6, 6.07) is 4.19. The molecular weight excluding hydrogens is 467 g/mol. The van der Waals surface area contributed by atoms with Crippen LogP contribution < -0.4 is 5.32 Å². The lowest BCUT2D eigenvalue weighted by Crippen LogP contribution is -2.47. The number of carbonyl (C=O) groups excluding carboxylic acids is 2. The first kappa shape index (κ1) is 19.8. The van der Waals surface area contributed by atoms with E-state index in [0.717, 1.165) is 6.26 Å². The van der Waals surface area contributed by atoms with Crippen LogP contribution in [0.25, 0.3) is 0 Å². The molecule has 0 aromatic heterocycles. The fourth-order valence-corrected chi connectivity index (χ4v) is 6.16. The smallest absolute Gasteiger partial charge is 0.415 e. The van der Waals surface area contributed by atoms with Gasteiger partial charge < -0.3 is 10.1 Å². The largest absolute Gasteiger partial charge is 0.419 e. The van der Waals surface area contributed by atoms with Gasteiger partial charge in [0.05, 0.1) is 40.4 Å². The molecule has 1 N–H and O–H groups in total. The van der Waals surface area contributed by atoms with Crippen LogP contribution in [0.2, 0.25) is 0 Å². The zero-order chi connectivity index (χ0) is 20.9. The Hall–Kier alpha value is -2.46. The van der Waals surface area contributed by atoms with Gasteiger partial charge in [-0.05, 0) is 33.6 Å². The molecule has 0 fully saturated rings. The van der Waals surface area contributed by atoms with Crippen LogP contribution in [0.15, 0.2) is 57.4 Å². The fraction of sp³-hybridized carbons (Fsp3) is 0.263. The maximum absolute atomic E-state index is 13.8. The molecule has 1 aromatic rings. The van der Waals surface area contributed by atoms with E-state index in [1.807, 2.05) is 0 Å². The van der Waals surface area contributed by atoms with Crippen LogP contribution in [0.1, 0.15) is 17.9 Å². The van der Waals surface area contributed by atoms with Crippen molar-refractivity contribution in [3.05, 3.63) is 68.8 Å². The zero-order valence-electron chi connectivity index (χ0n) is 15.1. The molecule has 0 aliphatic carbocycles. The second-order valence-corrected chi connectivity index (χ2v) is 9.80. The Bertz CT molecular complexity index is 1130. The summed E-state index contributed by atoms with van der Waals surface area (Å²) in [5.74, 6) is -1.82. The Kier molecular flexibility index (Phi) is 4.86. The van der Waals surface area contributed by atoms with Gasteiger partial charge in [0, 0.05) is 23.4 Å². The van der Waals surface area contributed by atoms with Crippen molar-refractivity contribution in [3.8, 4) is 0 Å². The molecule has 0 radical (unpaired) electrons. The van der Waals surface area contributed by atoms with Crippen LogP contribution in [-0.4, -0.2) is 44.0 Å². The van der Waals surface area contributed by atoms with Gasteiger partial charge in [-0.2, -0.15) is 0 Å². The van der Waals surface area contributed by atoms with Crippen molar-refractivity contribution in [1.82, 2.24) is 10.2 Å². The van der Waals surface area contributed by atoms with Crippen LogP contribution in [0, 0.1) is 5.82 Å². The van der Waals surface area contributed by atoms with E-state index in [9.17, 15) is 22.4 Å². The van der Waals surface area contributed by atoms with Crippen molar-refractivity contribution in [3.63, 3.8) is 0 Å². The molecule has 4 rings (SSSR count). The van der Waals surface area contributed by atoms with Gasteiger partial charge in [0.1, 0.15) is 5.82 Å². The summed E-state index contributed by atoms with van der Waals surface area (Å²) in [6.07, 6.45) is 0.536. The molecule has 1 unspecified atom stereocenters. The quantitative estimate of drug-likeness (QED) is 0.651. The van der Waals surface area contributed by atoms with E-state index in [0.29, 0.717) is 17.0 Å². The number of benzene rings is 1. The van der Waals surface area contributed by atoms with E-state index < -0.39 is 33.4 Å². The molecule has 152 valence electrons. The second-order valence-electron chi connectivity index (χ2n) is 6.87. The fourth-order valence-electron chi connectivity index (χ4n) is 3.93. The Balaban J connectivity index is 1.85. The Morgan fingerprint density at radius 2 is 2.10 bits per heavy atom. The highest BCUT2D eigenvalue weighted by atomic mass is 79.9. The van der Waals surface area contributed by atoms with Gasteiger partial charge in [0.2, 0.25) is 0 Å². The van der Waals surface area contributed by atoms with Crippen LogP contribution in [-0.2, 0) is 19.4 Å². The minimum absolute atomic E-state index is 0.0590. The molecule has 0 saturated carbocycles. The number of nitrogens with one attached hydrogen (secondary N) is 1. The number of ketones is 1. The number of hydrogen-bond acceptors (Lipinski definition) is 6. The summed E-state index contributed by atoms with van der Waals surface area (Å²) in [4.78, 5) is 26.4. The van der Waals surface area contributed by atoms with Gasteiger partial charge in [-0.15, -0.1) is 0 Å². The third kappa shape index (κ3) is 3.29. The third-order valence-corrected chi connectivity index (χ3v) is 7.64. The van der Waals surface area contributed by atoms with Gasteiger partial charge in [-0.3, -0.25) is 9.69 Å². The molecule has 1 aromatic carbocycles. The summed E-state index contributed by atoms with van der Waals surface area (Å²) < 4.78 is 44.2. The number of halogens is 2. The van der Waals surface area contributed by atoms with Crippen molar-refractivity contribution in [1.29, 1.82) is 0 Å². The molecule has 0 bridgehead atoms. The minimum atomic E-state index is -3.58. The Morgan fingerprint density at radius 3 is 2.79 bits per heavy atom. The number of hydrogen-bond donors (Lipinski definition) is 1. The average molecular weight is 483 g/mol. The first-order chi connectivity index (χ1) is 13.7. The molecule has 10 heteroatoms. The topological polar surface area (TPSA) is 92.8 Å². The molecule has 0 saturated heterocycles. The van der Waals surface area contributed by atoms with E-state index in [1.165, 1.54) is 23.1 Å². The number of allylic oxidation sites excluding steroid dienone is 2. The molecule has 3 aliphatic rings. The number of sulfone groups is 1. The molecule has 29 heavy (non-hydrogen) atoms. The van der Waals surface area contributed by atoms with Crippen LogP contribution >= 0.6 is 15.9 Å². The lowest BCUT2D eigenvalue weighted by Gasteiger charge is -2.36. The summed E-state index contributed by atoms with van der Waals surface area (Å²) in [5, 5.41) is 3.05. The number of amides is 1. The average Bonchev–Trinajstić information content (AvgIpc) is 2.97. The number of dihydropyridines is 1. The molecular formula is C19H16BrFN2O5S. The Morgan fingerprint density at radius 1 is 1.34 bits per heavy atom. The predicted molar refractivity (Wildman–Crippen MR) is 106 cm³/mol. The number of rotatable bonds is 2. The van der Waals surface area contributed by atoms with Gasteiger partial charge in [0.25, 0.3) is 0 Å². The van der Waals surface area contributed by atoms with E-state index in [-0.39, 0.29) is 40.2 Å². The van der Waals surface area contributed by atoms with Gasteiger partial charge in [-0.1, -0.05) is 12.6 Å². The van der Waals surface area contributed by atoms with Crippen molar-refractivity contribution in [2.45, 2.75) is 12.3 Å². The second kappa shape index (κ2) is 7.10. The Labute approximate surface area is 174 Å². The van der Waals surface area contributed by atoms with Crippen LogP contribution in [0.4, 0.5) is 9.18 Å². The monoisotopic (exact) mass is 482 g/mol. The summed E-state index contributed by atoms with van der Waals surface area (Å²) >= 11 is 3.13. The van der Waals surface area contributed by atoms with E-state index in [2.05, 4.69) is 27.8 Å². The summed E-state index contributed by atoms with van der Waals surface area (Å²) in [6.45, 7) is 3.13. The zero-order valence-corrected chi connectivity index (χ0v) is 17.5. The maximum atomic E-state index is 13.8. The molecule has 1 amide bonds. The summed E-state index contributed by atoms with van der Waals surface area (Å²) in [5.41, 5.74) is 1.71. The molecule has 3 aliphatic heterocycles. The number of Topliss-reactive ketones (excluding diaryl/α,β-unsaturated/α-hetero) is 1. The number of carbonyl (C=O) groups is 2. The highest BCUT2D eigenvalue weighted by Crippen LogP contribution is 2.46. The van der Waals surface area contributed by atoms with E-state index in [4.69, 9.17) is 4.74 Å². The van der Waals surface area contributed by atoms with E-state index in [1.54, 1.807) is 0 Å². The van der Waals surface area contributed by atoms with Crippen molar-refractivity contribution in [2.24, 2.45) is 0 Å². The predicted octanol–water partition coefficient (Wildman–Crippen LogP) is 2.72. The lowest BCUT2D eigenvalue weighted by molar-refractivity contribution is -0.117. The summed E-state index contributed by atoms with van der Waals surface area (Å²) in [7, 11) is -3.58. The first-order valence-electron chi connectivity index (χ1n) is 8.73. The highest BCUT2D eigenvalue weighted by molar-refractivity contribution is 9.10. The van der Waals surface area contributed by atoms with Crippen molar-refractivity contribution in [2.75, 3.05) is 18.8 Å². The van der Waals surface area contributed by atoms with E-state index >= 15 is 0 Å². The van der Waals surface area contributed by atoms with Gasteiger partial charge >= 0.3 is 6.09 Å². The van der Waals surface area contributed by atoms with Gasteiger partial charge in [-0.25, -0.2) is 17.6 Å². The van der Waals surface area contributed by atoms with Gasteiger partial charge in [0.15, 0.2) is 15.6 Å². The SMILES string of the molecule is C=COC(=O)N1CC(=O)C2=C(C1)NC1=C(C2c2ccc(F)c(Br)c2)S(=O)(=O)CC1. The standard InChI is InChI=1S/C19H16BrFN2O5S/c1-2-28-19(25)23-8-14-17(15(24)9-23)16(10-3-4-12(21)11(20)7-10)18-13(22-14)5-6-29(18,26)27/h2-4,7,16,22H,1,5-6,8-9H2. The third-order valence-electron chi connectivity index (χ3n) is 5.13. The van der Waals surface area contributed by atoms with Crippen molar-refractivity contribution >= 4 is 37.6 Å². The van der Waals surface area contributed by atoms with Crippen LogP contribution in [0.5, 0.6) is 0 Å². The van der Waals surface area contributed by atoms with Crippen LogP contribution in [0.3, 0.4) is 0 Å². The molecule has 3 heterocycles.